The monoisotopic (exact) mass is 271 g/mol. The van der Waals surface area contributed by atoms with Gasteiger partial charge in [-0.2, -0.15) is 0 Å². The van der Waals surface area contributed by atoms with E-state index in [9.17, 15) is 4.39 Å². The predicted molar refractivity (Wildman–Crippen MR) is 77.3 cm³/mol. The molecule has 2 aromatic rings. The quantitative estimate of drug-likeness (QED) is 0.917. The number of nitrogens with one attached hydrogen (secondary N) is 1. The van der Waals surface area contributed by atoms with Gasteiger partial charge in [-0.25, -0.2) is 4.39 Å². The highest BCUT2D eigenvalue weighted by Gasteiger charge is 2.12. The van der Waals surface area contributed by atoms with Gasteiger partial charge >= 0.3 is 0 Å². The van der Waals surface area contributed by atoms with Crippen molar-refractivity contribution in [2.75, 3.05) is 6.61 Å². The van der Waals surface area contributed by atoms with E-state index in [1.54, 1.807) is 0 Å². The Kier molecular flexibility index (Phi) is 3.70. The minimum absolute atomic E-state index is 0.195. The first-order valence-corrected chi connectivity index (χ1v) is 6.96. The van der Waals surface area contributed by atoms with Gasteiger partial charge in [-0.3, -0.25) is 0 Å². The van der Waals surface area contributed by atoms with Crippen LogP contribution in [0.5, 0.6) is 5.75 Å². The van der Waals surface area contributed by atoms with Crippen molar-refractivity contribution in [2.24, 2.45) is 0 Å². The van der Waals surface area contributed by atoms with Crippen LogP contribution < -0.4 is 10.1 Å². The van der Waals surface area contributed by atoms with Crippen LogP contribution in [-0.2, 0) is 13.0 Å². The van der Waals surface area contributed by atoms with Gasteiger partial charge in [-0.15, -0.1) is 0 Å². The Bertz CT molecular complexity index is 594. The van der Waals surface area contributed by atoms with Gasteiger partial charge < -0.3 is 10.1 Å². The molecule has 0 fully saturated rings. The lowest BCUT2D eigenvalue weighted by Gasteiger charge is -2.14. The second-order valence-electron chi connectivity index (χ2n) is 5.19. The van der Waals surface area contributed by atoms with Crippen LogP contribution in [0.4, 0.5) is 4.39 Å². The van der Waals surface area contributed by atoms with Crippen molar-refractivity contribution in [3.8, 4) is 5.75 Å². The smallest absolute Gasteiger partial charge is 0.123 e. The lowest BCUT2D eigenvalue weighted by Crippen LogP contribution is -2.18. The van der Waals surface area contributed by atoms with Crippen LogP contribution in [0.15, 0.2) is 42.5 Å². The van der Waals surface area contributed by atoms with Crippen molar-refractivity contribution in [1.29, 1.82) is 0 Å². The van der Waals surface area contributed by atoms with Gasteiger partial charge in [0.2, 0.25) is 0 Å². The van der Waals surface area contributed by atoms with E-state index >= 15 is 0 Å². The summed E-state index contributed by atoms with van der Waals surface area (Å²) in [6.07, 6.45) is 0.997. The van der Waals surface area contributed by atoms with Crippen LogP contribution in [-0.4, -0.2) is 6.61 Å². The van der Waals surface area contributed by atoms with Gasteiger partial charge in [0.05, 0.1) is 6.61 Å². The van der Waals surface area contributed by atoms with Crippen molar-refractivity contribution in [3.63, 3.8) is 0 Å². The highest BCUT2D eigenvalue weighted by atomic mass is 19.1. The molecule has 0 bridgehead atoms. The van der Waals surface area contributed by atoms with Crippen LogP contribution in [0, 0.1) is 5.82 Å². The summed E-state index contributed by atoms with van der Waals surface area (Å²) in [5, 5.41) is 3.46. The van der Waals surface area contributed by atoms with Gasteiger partial charge in [-0.05, 0) is 41.8 Å². The third-order valence-corrected chi connectivity index (χ3v) is 3.74. The van der Waals surface area contributed by atoms with Crippen LogP contribution in [0.1, 0.15) is 29.7 Å². The number of fused-ring (bicyclic) bond motifs is 1. The number of benzene rings is 2. The van der Waals surface area contributed by atoms with Gasteiger partial charge in [0.1, 0.15) is 11.6 Å². The van der Waals surface area contributed by atoms with Crippen LogP contribution in [0.2, 0.25) is 0 Å². The predicted octanol–water partition coefficient (Wildman–Crippen LogP) is 3.61. The number of ether oxygens (including phenoxy) is 1. The molecule has 0 aliphatic carbocycles. The normalized spacial score (nSPS) is 14.7. The van der Waals surface area contributed by atoms with E-state index in [-0.39, 0.29) is 11.9 Å². The average Bonchev–Trinajstić information content (AvgIpc) is 2.93. The highest BCUT2D eigenvalue weighted by molar-refractivity contribution is 5.39. The SMILES string of the molecule is C[C@@H](NCc1ccc2c(c1)CCO2)c1ccc(F)cc1. The van der Waals surface area contributed by atoms with Gasteiger partial charge in [-0.1, -0.05) is 24.3 Å². The third kappa shape index (κ3) is 2.83. The van der Waals surface area contributed by atoms with Gasteiger partial charge in [0.15, 0.2) is 0 Å². The van der Waals surface area contributed by atoms with Gasteiger partial charge in [0, 0.05) is 19.0 Å². The fourth-order valence-corrected chi connectivity index (χ4v) is 2.49. The molecule has 20 heavy (non-hydrogen) atoms. The van der Waals surface area contributed by atoms with E-state index in [0.717, 1.165) is 30.9 Å². The maximum Gasteiger partial charge on any atom is 0.123 e. The first-order valence-electron chi connectivity index (χ1n) is 6.96. The molecule has 1 aliphatic heterocycles. The number of hydrogen-bond acceptors (Lipinski definition) is 2. The second-order valence-corrected chi connectivity index (χ2v) is 5.19. The highest BCUT2D eigenvalue weighted by Crippen LogP contribution is 2.26. The van der Waals surface area contributed by atoms with E-state index in [2.05, 4.69) is 24.4 Å². The molecule has 3 rings (SSSR count). The standard InChI is InChI=1S/C17H18FNO/c1-12(14-3-5-16(18)6-4-14)19-11-13-2-7-17-15(10-13)8-9-20-17/h2-7,10,12,19H,8-9,11H2,1H3/t12-/m1/s1. The molecular weight excluding hydrogens is 253 g/mol. The van der Waals surface area contributed by atoms with Crippen LogP contribution in [0.3, 0.4) is 0 Å². The summed E-state index contributed by atoms with van der Waals surface area (Å²) in [6, 6.07) is 13.2. The Balaban J connectivity index is 1.63. The largest absolute Gasteiger partial charge is 0.493 e. The van der Waals surface area contributed by atoms with Crippen LogP contribution >= 0.6 is 0 Å². The van der Waals surface area contributed by atoms with E-state index in [1.807, 2.05) is 18.2 Å². The Morgan fingerprint density at radius 2 is 2.00 bits per heavy atom. The summed E-state index contributed by atoms with van der Waals surface area (Å²) < 4.78 is 18.4. The Labute approximate surface area is 118 Å². The fourth-order valence-electron chi connectivity index (χ4n) is 2.49. The molecule has 1 aliphatic rings. The minimum atomic E-state index is -0.195. The van der Waals surface area contributed by atoms with E-state index in [1.165, 1.54) is 23.3 Å². The van der Waals surface area contributed by atoms with Gasteiger partial charge in [0.25, 0.3) is 0 Å². The molecule has 0 radical (unpaired) electrons. The molecule has 0 saturated carbocycles. The minimum Gasteiger partial charge on any atom is -0.493 e. The summed E-state index contributed by atoms with van der Waals surface area (Å²) in [5.41, 5.74) is 3.64. The van der Waals surface area contributed by atoms with E-state index < -0.39 is 0 Å². The molecule has 1 N–H and O–H groups in total. The molecule has 3 heteroatoms. The molecule has 2 aromatic carbocycles. The van der Waals surface area contributed by atoms with Crippen LogP contribution in [0.25, 0.3) is 0 Å². The maximum absolute atomic E-state index is 12.9. The zero-order valence-electron chi connectivity index (χ0n) is 11.5. The fraction of sp³-hybridized carbons (Fsp3) is 0.294. The summed E-state index contributed by atoms with van der Waals surface area (Å²) in [4.78, 5) is 0. The first kappa shape index (κ1) is 13.1. The number of rotatable bonds is 4. The van der Waals surface area contributed by atoms with Crippen molar-refractivity contribution >= 4 is 0 Å². The number of hydrogen-bond donors (Lipinski definition) is 1. The molecule has 0 unspecified atom stereocenters. The van der Waals surface area contributed by atoms with Crippen molar-refractivity contribution < 1.29 is 9.13 Å². The van der Waals surface area contributed by atoms with Crippen molar-refractivity contribution in [3.05, 3.63) is 65.0 Å². The van der Waals surface area contributed by atoms with E-state index in [4.69, 9.17) is 4.74 Å². The molecule has 0 spiro atoms. The average molecular weight is 271 g/mol. The molecule has 2 nitrogen and oxygen atoms in total. The summed E-state index contributed by atoms with van der Waals surface area (Å²) >= 11 is 0. The lowest BCUT2D eigenvalue weighted by molar-refractivity contribution is 0.357. The topological polar surface area (TPSA) is 21.3 Å². The number of halogens is 1. The third-order valence-electron chi connectivity index (χ3n) is 3.74. The summed E-state index contributed by atoms with van der Waals surface area (Å²) in [7, 11) is 0. The molecule has 1 atom stereocenters. The molecule has 1 heterocycles. The Hall–Kier alpha value is -1.87. The Morgan fingerprint density at radius 3 is 2.80 bits per heavy atom. The molecule has 0 saturated heterocycles. The first-order chi connectivity index (χ1) is 9.72. The Morgan fingerprint density at radius 1 is 1.20 bits per heavy atom. The summed E-state index contributed by atoms with van der Waals surface area (Å²) in [5.74, 6) is 0.819. The summed E-state index contributed by atoms with van der Waals surface area (Å²) in [6.45, 7) is 3.67. The molecule has 0 amide bonds. The lowest BCUT2D eigenvalue weighted by atomic mass is 10.1. The van der Waals surface area contributed by atoms with Crippen molar-refractivity contribution in [2.45, 2.75) is 25.9 Å². The molecular formula is C17H18FNO. The molecule has 0 aromatic heterocycles. The maximum atomic E-state index is 12.9. The molecule has 104 valence electrons. The van der Waals surface area contributed by atoms with E-state index in [0.29, 0.717) is 0 Å². The van der Waals surface area contributed by atoms with Crippen molar-refractivity contribution in [1.82, 2.24) is 5.32 Å². The zero-order valence-corrected chi connectivity index (χ0v) is 11.5. The zero-order chi connectivity index (χ0) is 13.9. The second kappa shape index (κ2) is 5.63.